The second-order valence-electron chi connectivity index (χ2n) is 7.15. The van der Waals surface area contributed by atoms with Crippen LogP contribution in [0.1, 0.15) is 33.6 Å². The Bertz CT molecular complexity index is 393. The SMILES string of the molecule is CC(CNC(=O)C1(N)C2CCCOC2C1(C)C)N(C)C.Cl.Cl. The van der Waals surface area contributed by atoms with E-state index >= 15 is 0 Å². The van der Waals surface area contributed by atoms with E-state index in [-0.39, 0.29) is 48.2 Å². The molecule has 3 N–H and O–H groups in total. The van der Waals surface area contributed by atoms with Crippen LogP contribution in [0.4, 0.5) is 0 Å². The third kappa shape index (κ3) is 3.24. The predicted molar refractivity (Wildman–Crippen MR) is 93.8 cm³/mol. The maximum Gasteiger partial charge on any atom is 0.241 e. The highest BCUT2D eigenvalue weighted by atomic mass is 35.5. The lowest BCUT2D eigenvalue weighted by Gasteiger charge is -2.65. The van der Waals surface area contributed by atoms with Gasteiger partial charge in [-0.2, -0.15) is 0 Å². The number of carbonyl (C=O) groups is 1. The molecular formula is C15H31Cl2N3O2. The molecule has 1 saturated carbocycles. The molecular weight excluding hydrogens is 325 g/mol. The zero-order valence-corrected chi connectivity index (χ0v) is 15.9. The van der Waals surface area contributed by atoms with Crippen LogP contribution in [0.2, 0.25) is 0 Å². The number of halogens is 2. The Morgan fingerprint density at radius 3 is 2.55 bits per heavy atom. The van der Waals surface area contributed by atoms with Crippen molar-refractivity contribution < 1.29 is 9.53 Å². The van der Waals surface area contributed by atoms with E-state index in [0.29, 0.717) is 12.6 Å². The van der Waals surface area contributed by atoms with E-state index in [9.17, 15) is 4.79 Å². The Morgan fingerprint density at radius 2 is 2.00 bits per heavy atom. The van der Waals surface area contributed by atoms with Crippen molar-refractivity contribution in [2.75, 3.05) is 27.2 Å². The Labute approximate surface area is 146 Å². The molecule has 2 rings (SSSR count). The average Bonchev–Trinajstić information content (AvgIpc) is 2.43. The first-order valence-corrected chi connectivity index (χ1v) is 7.58. The third-order valence-electron chi connectivity index (χ3n) is 5.50. The summed E-state index contributed by atoms with van der Waals surface area (Å²) in [5, 5.41) is 3.03. The van der Waals surface area contributed by atoms with E-state index in [0.717, 1.165) is 19.4 Å². The molecule has 22 heavy (non-hydrogen) atoms. The highest BCUT2D eigenvalue weighted by Crippen LogP contribution is 2.57. The van der Waals surface area contributed by atoms with Crippen LogP contribution in [0.25, 0.3) is 0 Å². The number of hydrogen-bond donors (Lipinski definition) is 2. The second-order valence-corrected chi connectivity index (χ2v) is 7.15. The Morgan fingerprint density at radius 1 is 1.41 bits per heavy atom. The van der Waals surface area contributed by atoms with E-state index in [2.05, 4.69) is 31.0 Å². The lowest BCUT2D eigenvalue weighted by atomic mass is 9.46. The fourth-order valence-electron chi connectivity index (χ4n) is 3.61. The Hall–Kier alpha value is -0.0700. The molecule has 1 aliphatic heterocycles. The smallest absolute Gasteiger partial charge is 0.241 e. The maximum atomic E-state index is 12.6. The standard InChI is InChI=1S/C15H29N3O2.2ClH/c1-10(18(4)5)9-17-13(19)15(16)11-7-6-8-20-12(11)14(15,2)3;;/h10-12H,6-9,16H2,1-5H3,(H,17,19);2*1H. The van der Waals surface area contributed by atoms with Crippen molar-refractivity contribution >= 4 is 30.7 Å². The van der Waals surface area contributed by atoms with Gasteiger partial charge in [-0.25, -0.2) is 0 Å². The fraction of sp³-hybridized carbons (Fsp3) is 0.933. The Balaban J connectivity index is 0.00000220. The summed E-state index contributed by atoms with van der Waals surface area (Å²) in [4.78, 5) is 14.7. The zero-order chi connectivity index (χ0) is 15.1. The molecule has 0 aromatic carbocycles. The van der Waals surface area contributed by atoms with E-state index in [1.807, 2.05) is 14.1 Å². The summed E-state index contributed by atoms with van der Waals surface area (Å²) in [5.41, 5.74) is 5.43. The van der Waals surface area contributed by atoms with Crippen LogP contribution >= 0.6 is 24.8 Å². The molecule has 1 saturated heterocycles. The Kier molecular flexibility index (Phi) is 7.64. The number of hydrogen-bond acceptors (Lipinski definition) is 4. The summed E-state index contributed by atoms with van der Waals surface area (Å²) in [6.07, 6.45) is 2.11. The van der Waals surface area contributed by atoms with Gasteiger partial charge in [0.15, 0.2) is 0 Å². The molecule has 132 valence electrons. The van der Waals surface area contributed by atoms with Crippen molar-refractivity contribution in [1.82, 2.24) is 10.2 Å². The topological polar surface area (TPSA) is 67.6 Å². The molecule has 4 unspecified atom stereocenters. The van der Waals surface area contributed by atoms with Crippen LogP contribution in [0.15, 0.2) is 0 Å². The molecule has 2 aliphatic rings. The van der Waals surface area contributed by atoms with Crippen molar-refractivity contribution in [3.63, 3.8) is 0 Å². The van der Waals surface area contributed by atoms with Gasteiger partial charge in [-0.05, 0) is 33.9 Å². The molecule has 1 heterocycles. The summed E-state index contributed by atoms with van der Waals surface area (Å²) in [6.45, 7) is 7.60. The summed E-state index contributed by atoms with van der Waals surface area (Å²) < 4.78 is 5.83. The number of nitrogens with zero attached hydrogens (tertiary/aromatic N) is 1. The summed E-state index contributed by atoms with van der Waals surface area (Å²) >= 11 is 0. The monoisotopic (exact) mass is 355 g/mol. The van der Waals surface area contributed by atoms with Crippen molar-refractivity contribution in [3.05, 3.63) is 0 Å². The van der Waals surface area contributed by atoms with Crippen LogP contribution in [0.5, 0.6) is 0 Å². The van der Waals surface area contributed by atoms with E-state index in [4.69, 9.17) is 10.5 Å². The van der Waals surface area contributed by atoms with Crippen LogP contribution in [0.3, 0.4) is 0 Å². The molecule has 0 radical (unpaired) electrons. The predicted octanol–water partition coefficient (Wildman–Crippen LogP) is 1.43. The summed E-state index contributed by atoms with van der Waals surface area (Å²) in [5.74, 6) is 0.129. The molecule has 0 aromatic heterocycles. The van der Waals surface area contributed by atoms with Crippen LogP contribution in [0, 0.1) is 11.3 Å². The molecule has 4 atom stereocenters. The second kappa shape index (κ2) is 7.67. The number of nitrogens with two attached hydrogens (primary N) is 1. The summed E-state index contributed by atoms with van der Waals surface area (Å²) in [7, 11) is 4.01. The van der Waals surface area contributed by atoms with E-state index in [1.54, 1.807) is 0 Å². The van der Waals surface area contributed by atoms with Gasteiger partial charge in [0.25, 0.3) is 0 Å². The zero-order valence-electron chi connectivity index (χ0n) is 14.2. The first-order valence-electron chi connectivity index (χ1n) is 7.58. The molecule has 1 aliphatic carbocycles. The van der Waals surface area contributed by atoms with Crippen LogP contribution < -0.4 is 11.1 Å². The molecule has 1 amide bonds. The van der Waals surface area contributed by atoms with Crippen LogP contribution in [-0.2, 0) is 9.53 Å². The van der Waals surface area contributed by atoms with Crippen LogP contribution in [-0.4, -0.2) is 55.7 Å². The lowest BCUT2D eigenvalue weighted by Crippen LogP contribution is -2.82. The molecule has 0 bridgehead atoms. The van der Waals surface area contributed by atoms with Gasteiger partial charge in [0, 0.05) is 30.5 Å². The van der Waals surface area contributed by atoms with Crippen molar-refractivity contribution in [1.29, 1.82) is 0 Å². The number of nitrogens with one attached hydrogen (secondary N) is 1. The van der Waals surface area contributed by atoms with E-state index < -0.39 is 5.54 Å². The van der Waals surface area contributed by atoms with Crippen molar-refractivity contribution in [2.45, 2.75) is 51.3 Å². The lowest BCUT2D eigenvalue weighted by molar-refractivity contribution is -0.225. The average molecular weight is 356 g/mol. The van der Waals surface area contributed by atoms with E-state index in [1.165, 1.54) is 0 Å². The molecule has 5 nitrogen and oxygen atoms in total. The number of fused-ring (bicyclic) bond motifs is 1. The highest BCUT2D eigenvalue weighted by Gasteiger charge is 2.70. The van der Waals surface area contributed by atoms with Gasteiger partial charge in [0.1, 0.15) is 5.54 Å². The minimum absolute atomic E-state index is 0. The van der Waals surface area contributed by atoms with Gasteiger partial charge < -0.3 is 20.7 Å². The number of ether oxygens (including phenoxy) is 1. The van der Waals surface area contributed by atoms with Gasteiger partial charge in [-0.1, -0.05) is 13.8 Å². The first-order chi connectivity index (χ1) is 9.23. The minimum atomic E-state index is -0.801. The molecule has 7 heteroatoms. The third-order valence-corrected chi connectivity index (χ3v) is 5.50. The van der Waals surface area contributed by atoms with Gasteiger partial charge in [0.05, 0.1) is 6.10 Å². The largest absolute Gasteiger partial charge is 0.377 e. The number of rotatable bonds is 4. The highest BCUT2D eigenvalue weighted by molar-refractivity contribution is 5.89. The van der Waals surface area contributed by atoms with Gasteiger partial charge in [0.2, 0.25) is 5.91 Å². The van der Waals surface area contributed by atoms with Gasteiger partial charge in [-0.3, -0.25) is 4.79 Å². The molecule has 2 fully saturated rings. The minimum Gasteiger partial charge on any atom is -0.377 e. The van der Waals surface area contributed by atoms with Gasteiger partial charge >= 0.3 is 0 Å². The quantitative estimate of drug-likeness (QED) is 0.800. The van der Waals surface area contributed by atoms with Crippen molar-refractivity contribution in [2.24, 2.45) is 17.1 Å². The summed E-state index contributed by atoms with van der Waals surface area (Å²) in [6, 6.07) is 0.296. The number of amides is 1. The fourth-order valence-corrected chi connectivity index (χ4v) is 3.61. The first kappa shape index (κ1) is 21.9. The molecule has 0 spiro atoms. The maximum absolute atomic E-state index is 12.6. The number of likely N-dealkylation sites (N-methyl/N-ethyl adjacent to an activating group) is 1. The van der Waals surface area contributed by atoms with Gasteiger partial charge in [-0.15, -0.1) is 24.8 Å². The molecule has 0 aromatic rings. The van der Waals surface area contributed by atoms with Crippen molar-refractivity contribution in [3.8, 4) is 0 Å². The normalized spacial score (nSPS) is 33.6. The number of carbonyl (C=O) groups excluding carboxylic acids is 1.